The molecular weight excluding hydrogens is 461 g/mol. The Morgan fingerprint density at radius 3 is 1.65 bits per heavy atom. The number of aliphatic imine (C=N–C) groups is 1. The number of hydrogen-bond donors (Lipinski definition) is 0. The van der Waals surface area contributed by atoms with Gasteiger partial charge in [0.15, 0.2) is 0 Å². The van der Waals surface area contributed by atoms with Crippen LogP contribution in [0, 0.1) is 0 Å². The van der Waals surface area contributed by atoms with Gasteiger partial charge < -0.3 is 10.6 Å². The molecule has 0 aliphatic rings. The van der Waals surface area contributed by atoms with Crippen molar-refractivity contribution in [1.82, 2.24) is 0 Å². The predicted octanol–water partition coefficient (Wildman–Crippen LogP) is 9.49. The summed E-state index contributed by atoms with van der Waals surface area (Å²) >= 11 is -0.556. The fraction of sp³-hybridized carbons (Fsp3) is 0. The molecule has 0 saturated heterocycles. The van der Waals surface area contributed by atoms with E-state index in [0.29, 0.717) is 0 Å². The Kier molecular flexibility index (Phi) is 9.68. The summed E-state index contributed by atoms with van der Waals surface area (Å²) < 4.78 is 0. The molecule has 0 aliphatic carbocycles. The van der Waals surface area contributed by atoms with E-state index in [1.807, 2.05) is 115 Å². The topological polar surface area (TPSA) is 40.6 Å². The van der Waals surface area contributed by atoms with Gasteiger partial charge in [-0.3, -0.25) is 4.99 Å². The van der Waals surface area contributed by atoms with Crippen LogP contribution in [0.2, 0.25) is 0 Å². The molecule has 0 radical (unpaired) electrons. The number of para-hydroxylation sites is 5. The van der Waals surface area contributed by atoms with E-state index >= 15 is 0 Å². The van der Waals surface area contributed by atoms with Crippen molar-refractivity contribution in [1.29, 1.82) is 0 Å². The average Bonchev–Trinajstić information content (AvgIpc) is 2.81. The minimum atomic E-state index is -0.556. The molecule has 0 atom stereocenters. The summed E-state index contributed by atoms with van der Waals surface area (Å²) in [4.78, 5) is 4.70. The Morgan fingerprint density at radius 2 is 1.03 bits per heavy atom. The van der Waals surface area contributed by atoms with Gasteiger partial charge in [0.05, 0.1) is 0 Å². The molecule has 0 N–H and O–H groups in total. The molecule has 6 heteroatoms. The average molecular weight is 480 g/mol. The monoisotopic (exact) mass is 479 g/mol. The van der Waals surface area contributed by atoms with Crippen molar-refractivity contribution >= 4 is 53.3 Å². The molecule has 0 bridgehead atoms. The summed E-state index contributed by atoms with van der Waals surface area (Å²) in [6.45, 7) is 0. The number of nitrogens with zero attached hydrogens (tertiary/aromatic N) is 3. The number of hydrogen-bond acceptors (Lipinski definition) is 1. The van der Waals surface area contributed by atoms with Crippen molar-refractivity contribution in [3.05, 3.63) is 125 Å². The van der Waals surface area contributed by atoms with Crippen molar-refractivity contribution in [2.45, 2.75) is 0 Å². The van der Waals surface area contributed by atoms with E-state index in [1.54, 1.807) is 0 Å². The molecule has 0 unspecified atom stereocenters. The van der Waals surface area contributed by atoms with Gasteiger partial charge in [0.25, 0.3) is 0 Å². The summed E-state index contributed by atoms with van der Waals surface area (Å²) in [5, 5.41) is 9.44. The van der Waals surface area contributed by atoms with Gasteiger partial charge in [-0.15, -0.1) is 22.7 Å². The number of rotatable bonds is 6. The standard InChI is InChI=1S/C25H19N3.2ClH.Ti/c1-3-12-21(13-4-1)27-23-16-8-7-11-20(23)19-26-24-17-9-10-18-25(24)28-22-14-5-2-6-15-22;;;/h1-19H;2*1H;/q-2;;;+2/p-2. The minimum absolute atomic E-state index is 0.556. The molecule has 0 aliphatic heterocycles. The zero-order valence-electron chi connectivity index (χ0n) is 16.6. The SMILES string of the molecule is C(=Nc1ccccc1[N-]c1ccccc1)c1ccccc1[N-]c1ccccc1.[Cl][Ti][Cl]. The van der Waals surface area contributed by atoms with Gasteiger partial charge in [0.1, 0.15) is 0 Å². The normalized spacial score (nSPS) is 10.1. The Hall–Kier alpha value is -2.56. The van der Waals surface area contributed by atoms with Crippen LogP contribution >= 0.6 is 18.6 Å². The number of halogens is 2. The Balaban J connectivity index is 0.000000858. The quantitative estimate of drug-likeness (QED) is 0.195. The van der Waals surface area contributed by atoms with E-state index in [-0.39, 0.29) is 0 Å². The second-order valence-electron chi connectivity index (χ2n) is 6.27. The van der Waals surface area contributed by atoms with Crippen LogP contribution in [-0.2, 0) is 17.0 Å². The molecule has 31 heavy (non-hydrogen) atoms. The zero-order valence-corrected chi connectivity index (χ0v) is 19.6. The first-order chi connectivity index (χ1) is 15.3. The fourth-order valence-corrected chi connectivity index (χ4v) is 2.79. The molecule has 0 heterocycles. The molecule has 4 aromatic carbocycles. The van der Waals surface area contributed by atoms with Crippen LogP contribution in [0.1, 0.15) is 5.56 Å². The summed E-state index contributed by atoms with van der Waals surface area (Å²) in [6, 6.07) is 35.7. The van der Waals surface area contributed by atoms with Crippen LogP contribution in [0.25, 0.3) is 10.6 Å². The van der Waals surface area contributed by atoms with E-state index in [4.69, 9.17) is 34.2 Å². The van der Waals surface area contributed by atoms with E-state index < -0.39 is 17.0 Å². The van der Waals surface area contributed by atoms with Gasteiger partial charge in [-0.2, -0.15) is 0 Å². The summed E-state index contributed by atoms with van der Waals surface area (Å²) in [5.41, 5.74) is 5.33. The van der Waals surface area contributed by atoms with Crippen LogP contribution in [0.5, 0.6) is 0 Å². The molecule has 154 valence electrons. The fourth-order valence-electron chi connectivity index (χ4n) is 2.79. The van der Waals surface area contributed by atoms with Crippen LogP contribution in [0.4, 0.5) is 28.4 Å². The van der Waals surface area contributed by atoms with Gasteiger partial charge in [-0.25, -0.2) is 0 Å². The maximum atomic E-state index is 4.89. The first-order valence-corrected chi connectivity index (χ1v) is 13.8. The third kappa shape index (κ3) is 7.57. The molecule has 0 saturated carbocycles. The van der Waals surface area contributed by atoms with Crippen molar-refractivity contribution in [3.8, 4) is 0 Å². The summed E-state index contributed by atoms with van der Waals surface area (Å²) in [6.07, 6.45) is 1.85. The van der Waals surface area contributed by atoms with Crippen molar-refractivity contribution in [2.24, 2.45) is 4.99 Å². The predicted molar refractivity (Wildman–Crippen MR) is 130 cm³/mol. The third-order valence-electron chi connectivity index (χ3n) is 4.17. The van der Waals surface area contributed by atoms with Crippen molar-refractivity contribution < 1.29 is 17.0 Å². The first kappa shape index (κ1) is 23.1. The molecule has 0 fully saturated rings. The van der Waals surface area contributed by atoms with E-state index in [1.165, 1.54) is 0 Å². The van der Waals surface area contributed by atoms with Gasteiger partial charge in [-0.1, -0.05) is 103 Å². The van der Waals surface area contributed by atoms with Crippen LogP contribution in [-0.4, -0.2) is 6.21 Å². The van der Waals surface area contributed by atoms with E-state index in [0.717, 1.165) is 34.0 Å². The first-order valence-electron chi connectivity index (χ1n) is 9.52. The van der Waals surface area contributed by atoms with Crippen molar-refractivity contribution in [3.63, 3.8) is 0 Å². The van der Waals surface area contributed by atoms with Crippen molar-refractivity contribution in [2.75, 3.05) is 0 Å². The zero-order chi connectivity index (χ0) is 21.7. The van der Waals surface area contributed by atoms with Crippen LogP contribution < -0.4 is 0 Å². The number of benzene rings is 4. The Bertz CT molecular complexity index is 1000. The molecule has 0 aromatic heterocycles. The second kappa shape index (κ2) is 13.0. The van der Waals surface area contributed by atoms with E-state index in [9.17, 15) is 0 Å². The molecule has 0 spiro atoms. The molecule has 3 nitrogen and oxygen atoms in total. The van der Waals surface area contributed by atoms with Crippen LogP contribution in [0.3, 0.4) is 0 Å². The Morgan fingerprint density at radius 1 is 0.581 bits per heavy atom. The molecule has 4 aromatic rings. The van der Waals surface area contributed by atoms with Gasteiger partial charge >= 0.3 is 35.6 Å². The van der Waals surface area contributed by atoms with Crippen LogP contribution in [0.15, 0.2) is 114 Å². The Labute approximate surface area is 199 Å². The van der Waals surface area contributed by atoms with E-state index in [2.05, 4.69) is 0 Å². The molecular formula is C25H19Cl2N3Ti-2. The van der Waals surface area contributed by atoms with Gasteiger partial charge in [0.2, 0.25) is 0 Å². The molecule has 4 rings (SSSR count). The van der Waals surface area contributed by atoms with Gasteiger partial charge in [0, 0.05) is 11.9 Å². The van der Waals surface area contributed by atoms with Gasteiger partial charge in [-0.05, 0) is 11.6 Å². The third-order valence-corrected chi connectivity index (χ3v) is 4.17. The summed E-state index contributed by atoms with van der Waals surface area (Å²) in [5.74, 6) is 0. The maximum absolute atomic E-state index is 4.89. The second-order valence-corrected chi connectivity index (χ2v) is 8.85. The summed E-state index contributed by atoms with van der Waals surface area (Å²) in [7, 11) is 9.78. The molecule has 0 amide bonds.